The van der Waals surface area contributed by atoms with E-state index in [0.717, 1.165) is 0 Å². The van der Waals surface area contributed by atoms with E-state index in [0.29, 0.717) is 6.42 Å². The van der Waals surface area contributed by atoms with Crippen LogP contribution >= 0.6 is 0 Å². The molecule has 0 bridgehead atoms. The fraction of sp³-hybridized carbons (Fsp3) is 0.400. The van der Waals surface area contributed by atoms with Crippen LogP contribution in [-0.4, -0.2) is 9.85 Å². The average Bonchev–Trinajstić information content (AvgIpc) is 2.26. The molecule has 6 nitrogen and oxygen atoms in total. The molecule has 0 N–H and O–H groups in total. The maximum absolute atomic E-state index is 11.0. The monoisotopic (exact) mass is 224 g/mol. The van der Waals surface area contributed by atoms with E-state index in [-0.39, 0.29) is 12.0 Å². The molecule has 0 aliphatic carbocycles. The van der Waals surface area contributed by atoms with Crippen molar-refractivity contribution in [2.24, 2.45) is 0 Å². The normalized spacial score (nSPS) is 11.1. The van der Waals surface area contributed by atoms with E-state index in [9.17, 15) is 20.2 Å². The molecule has 0 aliphatic heterocycles. The van der Waals surface area contributed by atoms with E-state index in [1.807, 2.05) is 0 Å². The van der Waals surface area contributed by atoms with Crippen molar-refractivity contribution in [1.82, 2.24) is 0 Å². The number of hydrogen-bond donors (Lipinski definition) is 0. The Labute approximate surface area is 92.2 Å². The van der Waals surface area contributed by atoms with Crippen LogP contribution in [0.4, 0.5) is 0 Å². The predicted octanol–water partition coefficient (Wildman–Crippen LogP) is 2.19. The molecular formula is C10H12N2O4. The van der Waals surface area contributed by atoms with Gasteiger partial charge in [-0.05, 0) is 18.6 Å². The van der Waals surface area contributed by atoms with Crippen LogP contribution in [0.5, 0.6) is 0 Å². The van der Waals surface area contributed by atoms with Gasteiger partial charge in [0.05, 0.1) is 6.42 Å². The molecule has 0 aliphatic rings. The second-order valence-corrected chi connectivity index (χ2v) is 3.45. The molecule has 6 heteroatoms. The Morgan fingerprint density at radius 3 is 2.00 bits per heavy atom. The fourth-order valence-corrected chi connectivity index (χ4v) is 1.66. The first-order valence-electron chi connectivity index (χ1n) is 4.90. The molecule has 0 saturated carbocycles. The lowest BCUT2D eigenvalue weighted by molar-refractivity contribution is -0.811. The van der Waals surface area contributed by atoms with Crippen LogP contribution in [-0.2, 0) is 5.66 Å². The highest BCUT2D eigenvalue weighted by Gasteiger charge is 2.56. The first-order valence-corrected chi connectivity index (χ1v) is 4.90. The molecule has 0 saturated heterocycles. The van der Waals surface area contributed by atoms with Gasteiger partial charge in [0.15, 0.2) is 0 Å². The van der Waals surface area contributed by atoms with Crippen molar-refractivity contribution in [1.29, 1.82) is 0 Å². The Balaban J connectivity index is 3.33. The first-order chi connectivity index (χ1) is 7.55. The van der Waals surface area contributed by atoms with E-state index < -0.39 is 15.5 Å². The molecule has 0 unspecified atom stereocenters. The molecule has 1 aromatic carbocycles. The molecule has 86 valence electrons. The molecule has 0 amide bonds. The van der Waals surface area contributed by atoms with Gasteiger partial charge < -0.3 is 0 Å². The number of rotatable bonds is 5. The van der Waals surface area contributed by atoms with Gasteiger partial charge in [-0.25, -0.2) is 0 Å². The number of hydrogen-bond acceptors (Lipinski definition) is 4. The quantitative estimate of drug-likeness (QED) is 0.435. The maximum atomic E-state index is 11.0. The van der Waals surface area contributed by atoms with Crippen molar-refractivity contribution in [3.63, 3.8) is 0 Å². The molecule has 0 atom stereocenters. The van der Waals surface area contributed by atoms with E-state index >= 15 is 0 Å². The van der Waals surface area contributed by atoms with Gasteiger partial charge in [-0.15, -0.1) is 0 Å². The summed E-state index contributed by atoms with van der Waals surface area (Å²) in [6.45, 7) is 1.69. The van der Waals surface area contributed by atoms with Crippen molar-refractivity contribution < 1.29 is 9.85 Å². The maximum Gasteiger partial charge on any atom is 0.484 e. The van der Waals surface area contributed by atoms with Gasteiger partial charge in [0.2, 0.25) is 0 Å². The van der Waals surface area contributed by atoms with Crippen molar-refractivity contribution >= 4 is 0 Å². The molecule has 1 aromatic rings. The third kappa shape index (κ3) is 1.86. The molecule has 0 fully saturated rings. The highest BCUT2D eigenvalue weighted by Crippen LogP contribution is 2.30. The SMILES string of the molecule is CCCC(c1ccccc1)([N+](=O)[O-])[N+](=O)[O-]. The fourth-order valence-electron chi connectivity index (χ4n) is 1.66. The highest BCUT2D eigenvalue weighted by atomic mass is 16.7. The second kappa shape index (κ2) is 4.69. The summed E-state index contributed by atoms with van der Waals surface area (Å²) in [5.41, 5.74) is -2.09. The van der Waals surface area contributed by atoms with Crippen LogP contribution in [0.25, 0.3) is 0 Å². The minimum absolute atomic E-state index is 0.114. The summed E-state index contributed by atoms with van der Waals surface area (Å²) in [7, 11) is 0. The van der Waals surface area contributed by atoms with E-state index in [4.69, 9.17) is 0 Å². The molecule has 0 spiro atoms. The third-order valence-electron chi connectivity index (χ3n) is 2.44. The van der Waals surface area contributed by atoms with Gasteiger partial charge in [0, 0.05) is 0 Å². The summed E-state index contributed by atoms with van der Waals surface area (Å²) in [4.78, 5) is 20.4. The highest BCUT2D eigenvalue weighted by molar-refractivity contribution is 5.19. The van der Waals surface area contributed by atoms with Crippen LogP contribution in [0.1, 0.15) is 25.3 Å². The first kappa shape index (κ1) is 12.1. The Bertz CT molecular complexity index is 377. The Hall–Kier alpha value is -1.98. The Kier molecular flexibility index (Phi) is 3.55. The van der Waals surface area contributed by atoms with Gasteiger partial charge in [0.1, 0.15) is 15.4 Å². The Morgan fingerprint density at radius 1 is 1.12 bits per heavy atom. The third-order valence-corrected chi connectivity index (χ3v) is 2.44. The average molecular weight is 224 g/mol. The lowest BCUT2D eigenvalue weighted by Gasteiger charge is -2.16. The lowest BCUT2D eigenvalue weighted by atomic mass is 9.96. The van der Waals surface area contributed by atoms with Crippen molar-refractivity contribution in [3.05, 3.63) is 56.1 Å². The molecule has 1 rings (SSSR count). The van der Waals surface area contributed by atoms with Gasteiger partial charge in [-0.3, -0.25) is 20.2 Å². The largest absolute Gasteiger partial charge is 0.484 e. The minimum atomic E-state index is -2.21. The van der Waals surface area contributed by atoms with Crippen LogP contribution in [0, 0.1) is 20.2 Å². The van der Waals surface area contributed by atoms with Crippen LogP contribution < -0.4 is 0 Å². The summed E-state index contributed by atoms with van der Waals surface area (Å²) in [6, 6.07) is 7.63. The van der Waals surface area contributed by atoms with E-state index in [2.05, 4.69) is 0 Å². The second-order valence-electron chi connectivity index (χ2n) is 3.45. The summed E-state index contributed by atoms with van der Waals surface area (Å²) in [6.07, 6.45) is 0.258. The van der Waals surface area contributed by atoms with Gasteiger partial charge in [0.25, 0.3) is 0 Å². The summed E-state index contributed by atoms with van der Waals surface area (Å²) in [5, 5.41) is 22.0. The molecule has 16 heavy (non-hydrogen) atoms. The smallest absolute Gasteiger partial charge is 0.258 e. The zero-order valence-corrected chi connectivity index (χ0v) is 8.83. The molecular weight excluding hydrogens is 212 g/mol. The number of benzene rings is 1. The minimum Gasteiger partial charge on any atom is -0.258 e. The van der Waals surface area contributed by atoms with Gasteiger partial charge >= 0.3 is 5.66 Å². The van der Waals surface area contributed by atoms with Gasteiger partial charge in [-0.1, -0.05) is 25.1 Å². The standard InChI is InChI=1S/C10H12N2O4/c1-2-8-10(11(13)14,12(15)16)9-6-4-3-5-7-9/h3-7H,2,8H2,1H3. The number of nitrogens with zero attached hydrogens (tertiary/aromatic N) is 2. The topological polar surface area (TPSA) is 86.3 Å². The molecule has 0 heterocycles. The van der Waals surface area contributed by atoms with E-state index in [1.54, 1.807) is 25.1 Å². The Morgan fingerprint density at radius 2 is 1.62 bits per heavy atom. The zero-order valence-electron chi connectivity index (χ0n) is 8.83. The van der Waals surface area contributed by atoms with Crippen molar-refractivity contribution in [2.45, 2.75) is 25.4 Å². The van der Waals surface area contributed by atoms with Crippen LogP contribution in [0.3, 0.4) is 0 Å². The molecule has 0 radical (unpaired) electrons. The summed E-state index contributed by atoms with van der Waals surface area (Å²) in [5.74, 6) is 0. The summed E-state index contributed by atoms with van der Waals surface area (Å²) < 4.78 is 0. The van der Waals surface area contributed by atoms with Crippen LogP contribution in [0.2, 0.25) is 0 Å². The van der Waals surface area contributed by atoms with Crippen molar-refractivity contribution in [2.75, 3.05) is 0 Å². The predicted molar refractivity (Wildman–Crippen MR) is 57.0 cm³/mol. The number of nitro groups is 2. The van der Waals surface area contributed by atoms with Gasteiger partial charge in [-0.2, -0.15) is 0 Å². The van der Waals surface area contributed by atoms with Crippen LogP contribution in [0.15, 0.2) is 30.3 Å². The summed E-state index contributed by atoms with van der Waals surface area (Å²) >= 11 is 0. The van der Waals surface area contributed by atoms with Crippen molar-refractivity contribution in [3.8, 4) is 0 Å². The molecule has 0 aromatic heterocycles. The lowest BCUT2D eigenvalue weighted by Crippen LogP contribution is -2.43. The zero-order chi connectivity index (χ0) is 12.2. The van der Waals surface area contributed by atoms with E-state index in [1.165, 1.54) is 12.1 Å².